The molecule has 0 atom stereocenters. The van der Waals surface area contributed by atoms with Crippen LogP contribution in [0.4, 0.5) is 22.0 Å². The van der Waals surface area contributed by atoms with Gasteiger partial charge in [-0.25, -0.2) is 0 Å². The van der Waals surface area contributed by atoms with Crippen LogP contribution < -0.4 is 0 Å². The van der Waals surface area contributed by atoms with Gasteiger partial charge in [0.15, 0.2) is 0 Å². The van der Waals surface area contributed by atoms with Crippen LogP contribution in [0.3, 0.4) is 0 Å². The molecular formula is C12H10F5N. The average molecular weight is 263 g/mol. The van der Waals surface area contributed by atoms with Crippen molar-refractivity contribution in [2.75, 3.05) is 0 Å². The van der Waals surface area contributed by atoms with E-state index in [4.69, 9.17) is 5.26 Å². The Hall–Kier alpha value is -1.64. The SMILES string of the molecule is CC(C)(C#N)c1cccc(C(F)(F)C(F)(F)F)c1. The second kappa shape index (κ2) is 4.23. The van der Waals surface area contributed by atoms with Crippen LogP contribution in [0.5, 0.6) is 0 Å². The molecule has 0 bridgehead atoms. The molecule has 0 aromatic heterocycles. The first-order chi connectivity index (χ1) is 8.02. The van der Waals surface area contributed by atoms with E-state index in [0.29, 0.717) is 6.07 Å². The highest BCUT2D eigenvalue weighted by Crippen LogP contribution is 2.44. The molecule has 0 saturated heterocycles. The summed E-state index contributed by atoms with van der Waals surface area (Å²) in [5, 5.41) is 8.84. The van der Waals surface area contributed by atoms with Gasteiger partial charge < -0.3 is 0 Å². The molecule has 1 rings (SSSR count). The molecule has 0 aliphatic heterocycles. The van der Waals surface area contributed by atoms with E-state index in [1.165, 1.54) is 19.9 Å². The van der Waals surface area contributed by atoms with Crippen LogP contribution in [0.2, 0.25) is 0 Å². The van der Waals surface area contributed by atoms with Crippen molar-refractivity contribution in [3.8, 4) is 6.07 Å². The van der Waals surface area contributed by atoms with Crippen molar-refractivity contribution in [2.24, 2.45) is 0 Å². The first-order valence-electron chi connectivity index (χ1n) is 4.99. The number of rotatable bonds is 2. The average Bonchev–Trinajstić information content (AvgIpc) is 2.27. The topological polar surface area (TPSA) is 23.8 Å². The van der Waals surface area contributed by atoms with Crippen LogP contribution >= 0.6 is 0 Å². The van der Waals surface area contributed by atoms with Crippen molar-refractivity contribution in [1.82, 2.24) is 0 Å². The van der Waals surface area contributed by atoms with Crippen molar-refractivity contribution in [3.63, 3.8) is 0 Å². The predicted molar refractivity (Wildman–Crippen MR) is 55.0 cm³/mol. The summed E-state index contributed by atoms with van der Waals surface area (Å²) in [6.07, 6.45) is -5.65. The summed E-state index contributed by atoms with van der Waals surface area (Å²) in [6, 6.07) is 5.70. The zero-order valence-corrected chi connectivity index (χ0v) is 9.65. The van der Waals surface area contributed by atoms with Gasteiger partial charge in [-0.05, 0) is 25.5 Å². The largest absolute Gasteiger partial charge is 0.458 e. The molecule has 0 spiro atoms. The Morgan fingerprint density at radius 3 is 1.94 bits per heavy atom. The molecule has 0 unspecified atom stereocenters. The number of alkyl halides is 5. The minimum atomic E-state index is -5.65. The van der Waals surface area contributed by atoms with Gasteiger partial charge in [0, 0.05) is 5.56 Å². The number of hydrogen-bond acceptors (Lipinski definition) is 1. The Morgan fingerprint density at radius 2 is 1.50 bits per heavy atom. The summed E-state index contributed by atoms with van der Waals surface area (Å²) in [5.74, 6) is -4.92. The van der Waals surface area contributed by atoms with Crippen molar-refractivity contribution in [1.29, 1.82) is 5.26 Å². The van der Waals surface area contributed by atoms with E-state index in [1.54, 1.807) is 0 Å². The lowest BCUT2D eigenvalue weighted by Crippen LogP contribution is -2.34. The third kappa shape index (κ3) is 2.45. The second-order valence-electron chi connectivity index (χ2n) is 4.39. The van der Waals surface area contributed by atoms with Crippen LogP contribution in [-0.4, -0.2) is 6.18 Å². The van der Waals surface area contributed by atoms with E-state index in [0.717, 1.165) is 12.1 Å². The predicted octanol–water partition coefficient (Wildman–Crippen LogP) is 4.14. The monoisotopic (exact) mass is 263 g/mol. The van der Waals surface area contributed by atoms with Crippen molar-refractivity contribution in [3.05, 3.63) is 35.4 Å². The molecule has 98 valence electrons. The maximum atomic E-state index is 13.1. The number of benzene rings is 1. The van der Waals surface area contributed by atoms with Gasteiger partial charge in [0.25, 0.3) is 0 Å². The fourth-order valence-corrected chi connectivity index (χ4v) is 1.33. The zero-order chi connectivity index (χ0) is 14.2. The third-order valence-corrected chi connectivity index (χ3v) is 2.58. The van der Waals surface area contributed by atoms with Gasteiger partial charge in [0.2, 0.25) is 0 Å². The summed E-state index contributed by atoms with van der Waals surface area (Å²) < 4.78 is 62.9. The molecule has 0 heterocycles. The minimum Gasteiger partial charge on any atom is -0.197 e. The molecule has 1 aromatic rings. The quantitative estimate of drug-likeness (QED) is 0.735. The van der Waals surface area contributed by atoms with Gasteiger partial charge in [-0.2, -0.15) is 27.2 Å². The fourth-order valence-electron chi connectivity index (χ4n) is 1.33. The molecule has 0 aliphatic carbocycles. The zero-order valence-electron chi connectivity index (χ0n) is 9.65. The highest BCUT2D eigenvalue weighted by atomic mass is 19.4. The van der Waals surface area contributed by atoms with Gasteiger partial charge in [-0.3, -0.25) is 0 Å². The number of nitrogens with zero attached hydrogens (tertiary/aromatic N) is 1. The highest BCUT2D eigenvalue weighted by molar-refractivity contribution is 5.35. The number of nitriles is 1. The number of halogens is 5. The van der Waals surface area contributed by atoms with Gasteiger partial charge in [-0.15, -0.1) is 0 Å². The van der Waals surface area contributed by atoms with Gasteiger partial charge in [0.1, 0.15) is 0 Å². The van der Waals surface area contributed by atoms with Crippen LogP contribution in [0.1, 0.15) is 25.0 Å². The lowest BCUT2D eigenvalue weighted by atomic mass is 9.85. The van der Waals surface area contributed by atoms with Gasteiger partial charge >= 0.3 is 12.1 Å². The van der Waals surface area contributed by atoms with Crippen LogP contribution in [0.25, 0.3) is 0 Å². The fraction of sp³-hybridized carbons (Fsp3) is 0.417. The van der Waals surface area contributed by atoms with Crippen molar-refractivity contribution < 1.29 is 22.0 Å². The van der Waals surface area contributed by atoms with Crippen LogP contribution in [0, 0.1) is 11.3 Å². The Kier molecular flexibility index (Phi) is 3.39. The molecule has 0 N–H and O–H groups in total. The number of hydrogen-bond donors (Lipinski definition) is 0. The van der Waals surface area contributed by atoms with E-state index in [1.807, 2.05) is 6.07 Å². The lowest BCUT2D eigenvalue weighted by molar-refractivity contribution is -0.289. The van der Waals surface area contributed by atoms with Crippen LogP contribution in [-0.2, 0) is 11.3 Å². The first-order valence-corrected chi connectivity index (χ1v) is 4.99. The molecule has 18 heavy (non-hydrogen) atoms. The lowest BCUT2D eigenvalue weighted by Gasteiger charge is -2.22. The smallest absolute Gasteiger partial charge is 0.197 e. The highest BCUT2D eigenvalue weighted by Gasteiger charge is 2.58. The first kappa shape index (κ1) is 14.4. The summed E-state index contributed by atoms with van der Waals surface area (Å²) in [5.41, 5.74) is -2.17. The van der Waals surface area contributed by atoms with Crippen molar-refractivity contribution in [2.45, 2.75) is 31.4 Å². The molecule has 0 radical (unpaired) electrons. The van der Waals surface area contributed by atoms with Crippen LogP contribution in [0.15, 0.2) is 24.3 Å². The van der Waals surface area contributed by atoms with E-state index in [2.05, 4.69) is 0 Å². The maximum absolute atomic E-state index is 13.1. The molecule has 0 saturated carbocycles. The molecule has 1 nitrogen and oxygen atoms in total. The Labute approximate surface area is 101 Å². The Balaban J connectivity index is 3.32. The summed E-state index contributed by atoms with van der Waals surface area (Å²) in [7, 11) is 0. The Morgan fingerprint density at radius 1 is 1.00 bits per heavy atom. The summed E-state index contributed by atoms with van der Waals surface area (Å²) >= 11 is 0. The molecule has 0 aliphatic rings. The van der Waals surface area contributed by atoms with E-state index < -0.39 is 23.1 Å². The standard InChI is InChI=1S/C12H10F5N/c1-10(2,7-18)8-4-3-5-9(6-8)11(13,14)12(15,16)17/h3-6H,1-2H3. The Bertz CT molecular complexity index is 482. The summed E-state index contributed by atoms with van der Waals surface area (Å²) in [6.45, 7) is 2.88. The van der Waals surface area contributed by atoms with E-state index >= 15 is 0 Å². The van der Waals surface area contributed by atoms with E-state index in [9.17, 15) is 22.0 Å². The maximum Gasteiger partial charge on any atom is 0.458 e. The third-order valence-electron chi connectivity index (χ3n) is 2.58. The molecular weight excluding hydrogens is 253 g/mol. The minimum absolute atomic E-state index is 0.117. The molecule has 1 aromatic carbocycles. The normalized spacial score (nSPS) is 13.2. The molecule has 0 amide bonds. The molecule has 6 heteroatoms. The second-order valence-corrected chi connectivity index (χ2v) is 4.39. The van der Waals surface area contributed by atoms with Gasteiger partial charge in [-0.1, -0.05) is 18.2 Å². The summed E-state index contributed by atoms with van der Waals surface area (Å²) in [4.78, 5) is 0. The van der Waals surface area contributed by atoms with Crippen molar-refractivity contribution >= 4 is 0 Å². The van der Waals surface area contributed by atoms with E-state index in [-0.39, 0.29) is 5.56 Å². The van der Waals surface area contributed by atoms with Gasteiger partial charge in [0.05, 0.1) is 11.5 Å². The molecule has 0 fully saturated rings.